The Morgan fingerprint density at radius 3 is 2.51 bits per heavy atom. The number of thiophene rings is 1. The maximum Gasteiger partial charge on any atom is 0.336 e. The molecule has 2 heterocycles. The number of allylic oxidation sites excluding steroid dienone is 3. The van der Waals surface area contributed by atoms with Crippen LogP contribution in [0, 0.1) is 5.92 Å². The van der Waals surface area contributed by atoms with Gasteiger partial charge in [0.25, 0.3) is 0 Å². The smallest absolute Gasteiger partial charge is 0.336 e. The van der Waals surface area contributed by atoms with Gasteiger partial charge in [0.2, 0.25) is 0 Å². The molecule has 0 amide bonds. The van der Waals surface area contributed by atoms with Crippen LogP contribution >= 0.6 is 11.3 Å². The normalized spacial score (nSPS) is 21.3. The Hall–Kier alpha value is -3.39. The van der Waals surface area contributed by atoms with Gasteiger partial charge in [0.05, 0.1) is 25.9 Å². The highest BCUT2D eigenvalue weighted by Gasteiger charge is 2.49. The van der Waals surface area contributed by atoms with Gasteiger partial charge in [-0.2, -0.15) is 0 Å². The number of ketones is 1. The molecule has 196 valence electrons. The molecule has 1 aromatic carbocycles. The van der Waals surface area contributed by atoms with Crippen LogP contribution in [0.1, 0.15) is 62.3 Å². The summed E-state index contributed by atoms with van der Waals surface area (Å²) in [5, 5.41) is 5.39. The Morgan fingerprint density at radius 2 is 1.86 bits per heavy atom. The van der Waals surface area contributed by atoms with Crippen molar-refractivity contribution in [1.82, 2.24) is 5.32 Å². The van der Waals surface area contributed by atoms with Gasteiger partial charge in [-0.3, -0.25) is 9.59 Å². The van der Waals surface area contributed by atoms with Gasteiger partial charge in [0.1, 0.15) is 11.7 Å². The average molecular weight is 524 g/mol. The topological polar surface area (TPSA) is 90.9 Å². The number of hydrogen-bond donors (Lipinski definition) is 1. The third kappa shape index (κ3) is 5.21. The summed E-state index contributed by atoms with van der Waals surface area (Å²) in [6.45, 7) is 5.92. The van der Waals surface area contributed by atoms with Gasteiger partial charge in [0, 0.05) is 33.7 Å². The van der Waals surface area contributed by atoms with Crippen molar-refractivity contribution < 1.29 is 28.6 Å². The fourth-order valence-corrected chi connectivity index (χ4v) is 6.14. The highest BCUT2D eigenvalue weighted by atomic mass is 32.1. The van der Waals surface area contributed by atoms with Crippen molar-refractivity contribution >= 4 is 29.1 Å². The molecule has 3 atom stereocenters. The van der Waals surface area contributed by atoms with E-state index < -0.39 is 23.8 Å². The number of nitrogens with one attached hydrogen (secondary N) is 1. The van der Waals surface area contributed by atoms with Gasteiger partial charge in [-0.1, -0.05) is 31.5 Å². The second kappa shape index (κ2) is 11.8. The molecule has 0 spiro atoms. The van der Waals surface area contributed by atoms with Crippen LogP contribution in [-0.2, 0) is 23.9 Å². The predicted octanol–water partition coefficient (Wildman–Crippen LogP) is 5.25. The number of carbonyl (C=O) groups is 3. The molecule has 1 N–H and O–H groups in total. The van der Waals surface area contributed by atoms with E-state index in [-0.39, 0.29) is 24.9 Å². The number of dihydropyridines is 1. The van der Waals surface area contributed by atoms with Crippen molar-refractivity contribution in [2.45, 2.75) is 51.9 Å². The first-order chi connectivity index (χ1) is 17.9. The predicted molar refractivity (Wildman–Crippen MR) is 141 cm³/mol. The minimum absolute atomic E-state index is 0.178. The van der Waals surface area contributed by atoms with E-state index in [9.17, 15) is 14.4 Å². The van der Waals surface area contributed by atoms with Crippen LogP contribution in [0.2, 0.25) is 0 Å². The van der Waals surface area contributed by atoms with Crippen LogP contribution < -0.4 is 10.1 Å². The molecule has 0 saturated heterocycles. The van der Waals surface area contributed by atoms with Gasteiger partial charge >= 0.3 is 11.9 Å². The molecule has 37 heavy (non-hydrogen) atoms. The lowest BCUT2D eigenvalue weighted by Gasteiger charge is -2.39. The molecule has 0 bridgehead atoms. The summed E-state index contributed by atoms with van der Waals surface area (Å²) in [6.07, 6.45) is 1.87. The molecule has 7 nitrogen and oxygen atoms in total. The van der Waals surface area contributed by atoms with E-state index in [4.69, 9.17) is 14.2 Å². The fraction of sp³-hybridized carbons (Fsp3) is 0.414. The highest BCUT2D eigenvalue weighted by Crippen LogP contribution is 2.49. The van der Waals surface area contributed by atoms with Crippen LogP contribution in [0.5, 0.6) is 5.75 Å². The Bertz CT molecular complexity index is 1230. The van der Waals surface area contributed by atoms with Crippen molar-refractivity contribution in [3.05, 3.63) is 74.8 Å². The molecule has 1 aromatic heterocycles. The molecular formula is C29H33NO6S. The van der Waals surface area contributed by atoms with E-state index in [0.717, 1.165) is 28.3 Å². The number of rotatable bonds is 9. The quantitative estimate of drug-likeness (QED) is 0.355. The zero-order chi connectivity index (χ0) is 26.5. The summed E-state index contributed by atoms with van der Waals surface area (Å²) < 4.78 is 16.3. The van der Waals surface area contributed by atoms with Gasteiger partial charge in [-0.05, 0) is 55.8 Å². The van der Waals surface area contributed by atoms with E-state index >= 15 is 0 Å². The van der Waals surface area contributed by atoms with E-state index in [1.54, 1.807) is 21.0 Å². The highest BCUT2D eigenvalue weighted by molar-refractivity contribution is 7.10. The lowest BCUT2D eigenvalue weighted by atomic mass is 9.68. The monoisotopic (exact) mass is 523 g/mol. The minimum atomic E-state index is -0.997. The summed E-state index contributed by atoms with van der Waals surface area (Å²) in [5.74, 6) is -2.77. The summed E-state index contributed by atoms with van der Waals surface area (Å²) in [5.41, 5.74) is 3.05. The molecule has 0 unspecified atom stereocenters. The summed E-state index contributed by atoms with van der Waals surface area (Å²) in [7, 11) is 1.57. The molecule has 1 aliphatic heterocycles. The van der Waals surface area contributed by atoms with Gasteiger partial charge in [-0.25, -0.2) is 4.79 Å². The molecule has 8 heteroatoms. The van der Waals surface area contributed by atoms with Crippen molar-refractivity contribution in [3.8, 4) is 5.75 Å². The van der Waals surface area contributed by atoms with Crippen molar-refractivity contribution in [1.29, 1.82) is 0 Å². The number of carbonyl (C=O) groups excluding carboxylic acids is 3. The first-order valence-electron chi connectivity index (χ1n) is 12.7. The summed E-state index contributed by atoms with van der Waals surface area (Å²) >= 11 is 1.52. The molecular weight excluding hydrogens is 490 g/mol. The van der Waals surface area contributed by atoms with E-state index in [1.807, 2.05) is 48.7 Å². The lowest BCUT2D eigenvalue weighted by Crippen LogP contribution is -2.43. The summed E-state index contributed by atoms with van der Waals surface area (Å²) in [4.78, 5) is 41.9. The molecule has 4 rings (SSSR count). The zero-order valence-corrected chi connectivity index (χ0v) is 22.5. The Balaban J connectivity index is 1.93. The maximum absolute atomic E-state index is 14.3. The first-order valence-corrected chi connectivity index (χ1v) is 13.6. The SMILES string of the molecule is CCCC1=C(C(=O)OCC)[C@H](c2cccc(OC)c2)C2=C(C[C@@H](c3cccs3)[C@H](C(=O)OCC)C2=O)N1. The van der Waals surface area contributed by atoms with E-state index in [1.165, 1.54) is 11.3 Å². The fourth-order valence-electron chi connectivity index (χ4n) is 5.27. The number of esters is 2. The van der Waals surface area contributed by atoms with Crippen LogP contribution in [-0.4, -0.2) is 38.0 Å². The van der Waals surface area contributed by atoms with Crippen molar-refractivity contribution in [3.63, 3.8) is 0 Å². The van der Waals surface area contributed by atoms with Crippen LogP contribution in [0.4, 0.5) is 0 Å². The summed E-state index contributed by atoms with van der Waals surface area (Å²) in [6, 6.07) is 11.2. The Kier molecular flexibility index (Phi) is 8.48. The maximum atomic E-state index is 14.3. The Labute approximate surface area is 221 Å². The third-order valence-electron chi connectivity index (χ3n) is 6.78. The number of Topliss-reactive ketones (excluding diaryl/α,β-unsaturated/α-hetero) is 1. The van der Waals surface area contributed by atoms with Crippen LogP contribution in [0.3, 0.4) is 0 Å². The third-order valence-corrected chi connectivity index (χ3v) is 7.78. The first kappa shape index (κ1) is 26.7. The van der Waals surface area contributed by atoms with Gasteiger partial charge in [-0.15, -0.1) is 11.3 Å². The minimum Gasteiger partial charge on any atom is -0.497 e. The van der Waals surface area contributed by atoms with E-state index in [0.29, 0.717) is 29.7 Å². The number of ether oxygens (including phenoxy) is 3. The van der Waals surface area contributed by atoms with Gasteiger partial charge < -0.3 is 19.5 Å². The van der Waals surface area contributed by atoms with Gasteiger partial charge in [0.15, 0.2) is 5.78 Å². The molecule has 2 aliphatic rings. The van der Waals surface area contributed by atoms with Crippen LogP contribution in [0.15, 0.2) is 64.3 Å². The van der Waals surface area contributed by atoms with Crippen LogP contribution in [0.25, 0.3) is 0 Å². The standard InChI is InChI=1S/C29H33NO6S/c1-5-10-20-26(29(33)36-7-3)23(17-11-8-12-18(15-17)34-4)25-21(30-20)16-19(22-13-9-14-37-22)24(27(25)31)28(32)35-6-2/h8-9,11-15,19,23-24,30H,5-7,10,16H2,1-4H3/t19-,23+,24-/m0/s1. The second-order valence-electron chi connectivity index (χ2n) is 9.01. The zero-order valence-electron chi connectivity index (χ0n) is 21.7. The van der Waals surface area contributed by atoms with Crippen molar-refractivity contribution in [2.24, 2.45) is 5.92 Å². The second-order valence-corrected chi connectivity index (χ2v) is 9.99. The average Bonchev–Trinajstić information content (AvgIpc) is 3.43. The number of methoxy groups -OCH3 is 1. The molecule has 2 aromatic rings. The van der Waals surface area contributed by atoms with Crippen molar-refractivity contribution in [2.75, 3.05) is 20.3 Å². The number of hydrogen-bond acceptors (Lipinski definition) is 8. The largest absolute Gasteiger partial charge is 0.497 e. The molecule has 0 saturated carbocycles. The molecule has 0 fully saturated rings. The Morgan fingerprint density at radius 1 is 1.08 bits per heavy atom. The number of benzene rings is 1. The molecule has 0 radical (unpaired) electrons. The lowest BCUT2D eigenvalue weighted by molar-refractivity contribution is -0.152. The van der Waals surface area contributed by atoms with E-state index in [2.05, 4.69) is 5.32 Å². The molecule has 1 aliphatic carbocycles.